The van der Waals surface area contributed by atoms with Crippen LogP contribution in [0.2, 0.25) is 0 Å². The fourth-order valence-corrected chi connectivity index (χ4v) is 2.97. The molecular weight excluding hydrogens is 188 g/mol. The Hall–Kier alpha value is -0.820. The fraction of sp³-hybridized carbons (Fsp3) is 0.385. The van der Waals surface area contributed by atoms with E-state index in [2.05, 4.69) is 39.0 Å². The molecule has 0 nitrogen and oxygen atoms in total. The minimum absolute atomic E-state index is 1.14. The first-order valence-electron chi connectivity index (χ1n) is 5.27. The van der Waals surface area contributed by atoms with Gasteiger partial charge in [-0.1, -0.05) is 19.9 Å². The molecule has 0 amide bonds. The summed E-state index contributed by atoms with van der Waals surface area (Å²) in [5.41, 5.74) is 2.96. The number of hydrogen-bond donors (Lipinski definition) is 0. The lowest BCUT2D eigenvalue weighted by Crippen LogP contribution is -1.85. The molecule has 2 aromatic rings. The average molecular weight is 204 g/mol. The molecule has 0 atom stereocenters. The summed E-state index contributed by atoms with van der Waals surface area (Å²) in [6, 6.07) is 6.90. The van der Waals surface area contributed by atoms with Gasteiger partial charge >= 0.3 is 0 Å². The summed E-state index contributed by atoms with van der Waals surface area (Å²) in [7, 11) is 0. The number of fused-ring (bicyclic) bond motifs is 1. The summed E-state index contributed by atoms with van der Waals surface area (Å²) >= 11 is 1.93. The van der Waals surface area contributed by atoms with Crippen LogP contribution in [0.5, 0.6) is 0 Å². The average Bonchev–Trinajstić information content (AvgIpc) is 2.62. The number of aryl methyl sites for hydroxylation is 3. The molecule has 0 unspecified atom stereocenters. The van der Waals surface area contributed by atoms with Crippen molar-refractivity contribution in [3.63, 3.8) is 0 Å². The second-order valence-electron chi connectivity index (χ2n) is 3.68. The van der Waals surface area contributed by atoms with Crippen LogP contribution >= 0.6 is 11.3 Å². The molecule has 0 radical (unpaired) electrons. The van der Waals surface area contributed by atoms with E-state index in [1.165, 1.54) is 26.1 Å². The van der Waals surface area contributed by atoms with Crippen LogP contribution in [0.4, 0.5) is 0 Å². The number of hydrogen-bond acceptors (Lipinski definition) is 1. The predicted octanol–water partition coefficient (Wildman–Crippen LogP) is 4.33. The highest BCUT2D eigenvalue weighted by molar-refractivity contribution is 7.19. The van der Waals surface area contributed by atoms with E-state index in [1.807, 2.05) is 11.3 Å². The van der Waals surface area contributed by atoms with Gasteiger partial charge in [0.2, 0.25) is 0 Å². The van der Waals surface area contributed by atoms with Crippen LogP contribution in [0.3, 0.4) is 0 Å². The van der Waals surface area contributed by atoms with Gasteiger partial charge in [-0.15, -0.1) is 11.3 Å². The zero-order valence-electron chi connectivity index (χ0n) is 9.05. The van der Waals surface area contributed by atoms with Gasteiger partial charge in [0, 0.05) is 9.58 Å². The van der Waals surface area contributed by atoms with Crippen molar-refractivity contribution >= 4 is 21.4 Å². The Balaban J connectivity index is 2.68. The van der Waals surface area contributed by atoms with Crippen LogP contribution < -0.4 is 0 Å². The lowest BCUT2D eigenvalue weighted by molar-refractivity contribution is 1.12. The highest BCUT2D eigenvalue weighted by atomic mass is 32.1. The lowest BCUT2D eigenvalue weighted by atomic mass is 10.0. The standard InChI is InChI=1S/C13H16S/c1-4-10-6-7-13-12(9(10)3)8-11(5-2)14-13/h6-8H,4-5H2,1-3H3. The summed E-state index contributed by atoms with van der Waals surface area (Å²) in [4.78, 5) is 1.50. The molecule has 0 aliphatic rings. The maximum absolute atomic E-state index is 2.36. The minimum Gasteiger partial charge on any atom is -0.140 e. The number of benzene rings is 1. The Labute approximate surface area is 89.6 Å². The van der Waals surface area contributed by atoms with Gasteiger partial charge in [0.1, 0.15) is 0 Å². The third-order valence-corrected chi connectivity index (χ3v) is 4.11. The van der Waals surface area contributed by atoms with Gasteiger partial charge in [-0.2, -0.15) is 0 Å². The molecule has 0 aliphatic carbocycles. The number of thiophene rings is 1. The molecule has 1 aromatic carbocycles. The molecule has 0 spiro atoms. The summed E-state index contributed by atoms with van der Waals surface area (Å²) < 4.78 is 1.44. The zero-order valence-corrected chi connectivity index (χ0v) is 9.87. The predicted molar refractivity (Wildman–Crippen MR) is 65.3 cm³/mol. The summed E-state index contributed by atoms with van der Waals surface area (Å²) in [6.45, 7) is 6.69. The molecule has 0 bridgehead atoms. The van der Waals surface area contributed by atoms with Crippen LogP contribution in [0.25, 0.3) is 10.1 Å². The van der Waals surface area contributed by atoms with E-state index in [4.69, 9.17) is 0 Å². The largest absolute Gasteiger partial charge is 0.140 e. The maximum Gasteiger partial charge on any atom is 0.0348 e. The van der Waals surface area contributed by atoms with Crippen LogP contribution in [-0.4, -0.2) is 0 Å². The third kappa shape index (κ3) is 1.46. The van der Waals surface area contributed by atoms with Crippen LogP contribution in [-0.2, 0) is 12.8 Å². The maximum atomic E-state index is 2.36. The van der Waals surface area contributed by atoms with E-state index in [9.17, 15) is 0 Å². The van der Waals surface area contributed by atoms with Crippen LogP contribution in [0.15, 0.2) is 18.2 Å². The SMILES string of the molecule is CCc1cc2c(C)c(CC)ccc2s1. The molecule has 1 heteroatoms. The molecule has 1 aromatic heterocycles. The van der Waals surface area contributed by atoms with Gasteiger partial charge in [0.05, 0.1) is 0 Å². The molecule has 0 aliphatic heterocycles. The Morgan fingerprint density at radius 1 is 1.14 bits per heavy atom. The van der Waals surface area contributed by atoms with Gasteiger partial charge in [0.25, 0.3) is 0 Å². The first-order valence-corrected chi connectivity index (χ1v) is 6.08. The van der Waals surface area contributed by atoms with Gasteiger partial charge in [-0.25, -0.2) is 0 Å². The van der Waals surface area contributed by atoms with Crippen molar-refractivity contribution in [2.45, 2.75) is 33.6 Å². The zero-order chi connectivity index (χ0) is 10.1. The van der Waals surface area contributed by atoms with E-state index in [0.29, 0.717) is 0 Å². The first-order chi connectivity index (χ1) is 6.76. The van der Waals surface area contributed by atoms with Crippen molar-refractivity contribution in [1.82, 2.24) is 0 Å². The van der Waals surface area contributed by atoms with Crippen molar-refractivity contribution in [2.24, 2.45) is 0 Å². The Bertz CT molecular complexity index is 451. The van der Waals surface area contributed by atoms with E-state index in [-0.39, 0.29) is 0 Å². The van der Waals surface area contributed by atoms with Gasteiger partial charge < -0.3 is 0 Å². The molecule has 0 fully saturated rings. The monoisotopic (exact) mass is 204 g/mol. The highest BCUT2D eigenvalue weighted by Gasteiger charge is 2.05. The second-order valence-corrected chi connectivity index (χ2v) is 4.85. The molecular formula is C13H16S. The number of rotatable bonds is 2. The van der Waals surface area contributed by atoms with Crippen molar-refractivity contribution < 1.29 is 0 Å². The fourth-order valence-electron chi connectivity index (χ4n) is 1.91. The molecule has 74 valence electrons. The van der Waals surface area contributed by atoms with Crippen molar-refractivity contribution in [3.05, 3.63) is 34.2 Å². The Morgan fingerprint density at radius 2 is 1.93 bits per heavy atom. The quantitative estimate of drug-likeness (QED) is 0.683. The normalized spacial score (nSPS) is 11.1. The van der Waals surface area contributed by atoms with Gasteiger partial charge in [-0.3, -0.25) is 0 Å². The topological polar surface area (TPSA) is 0 Å². The van der Waals surface area contributed by atoms with Gasteiger partial charge in [-0.05, 0) is 48.4 Å². The first kappa shape index (κ1) is 9.72. The van der Waals surface area contributed by atoms with Crippen LogP contribution in [0, 0.1) is 6.92 Å². The molecule has 0 N–H and O–H groups in total. The molecule has 2 rings (SSSR count). The second kappa shape index (κ2) is 3.74. The van der Waals surface area contributed by atoms with E-state index in [0.717, 1.165) is 12.8 Å². The van der Waals surface area contributed by atoms with Gasteiger partial charge in [0.15, 0.2) is 0 Å². The lowest BCUT2D eigenvalue weighted by Gasteiger charge is -2.02. The van der Waals surface area contributed by atoms with Crippen molar-refractivity contribution in [3.8, 4) is 0 Å². The third-order valence-electron chi connectivity index (χ3n) is 2.86. The van der Waals surface area contributed by atoms with Crippen molar-refractivity contribution in [1.29, 1.82) is 0 Å². The Kier molecular flexibility index (Phi) is 2.60. The molecule has 0 saturated carbocycles. The van der Waals surface area contributed by atoms with Crippen LogP contribution in [0.1, 0.15) is 29.9 Å². The van der Waals surface area contributed by atoms with E-state index in [1.54, 1.807) is 0 Å². The molecule has 1 heterocycles. The summed E-state index contributed by atoms with van der Waals surface area (Å²) in [5.74, 6) is 0. The Morgan fingerprint density at radius 3 is 2.57 bits per heavy atom. The molecule has 0 saturated heterocycles. The smallest absolute Gasteiger partial charge is 0.0348 e. The minimum atomic E-state index is 1.14. The summed E-state index contributed by atoms with van der Waals surface area (Å²) in [6.07, 6.45) is 2.29. The molecule has 14 heavy (non-hydrogen) atoms. The highest BCUT2D eigenvalue weighted by Crippen LogP contribution is 2.30. The van der Waals surface area contributed by atoms with E-state index >= 15 is 0 Å². The van der Waals surface area contributed by atoms with E-state index < -0.39 is 0 Å². The van der Waals surface area contributed by atoms with Crippen molar-refractivity contribution in [2.75, 3.05) is 0 Å². The summed E-state index contributed by atoms with van der Waals surface area (Å²) in [5, 5.41) is 1.46.